The lowest BCUT2D eigenvalue weighted by atomic mass is 9.94. The smallest absolute Gasteiger partial charge is 0.164 e. The van der Waals surface area contributed by atoms with Crippen LogP contribution >= 0.6 is 0 Å². The van der Waals surface area contributed by atoms with E-state index in [9.17, 15) is 4.79 Å². The van der Waals surface area contributed by atoms with E-state index >= 15 is 0 Å². The molecule has 0 spiro atoms. The number of carbonyl (C=O) groups is 1. The summed E-state index contributed by atoms with van der Waals surface area (Å²) < 4.78 is 16.9. The Bertz CT molecular complexity index is 667. The van der Waals surface area contributed by atoms with E-state index in [1.54, 1.807) is 14.2 Å². The quantitative estimate of drug-likeness (QED) is 0.461. The lowest BCUT2D eigenvalue weighted by molar-refractivity contribution is -0.107. The Morgan fingerprint density at radius 1 is 1.00 bits per heavy atom. The first-order valence-corrected chi connectivity index (χ1v) is 8.55. The Morgan fingerprint density at radius 3 is 2.32 bits per heavy atom. The highest BCUT2D eigenvalue weighted by molar-refractivity contribution is 5.52. The number of carbonyl (C=O) groups excluding carboxylic acids is 1. The molecule has 134 valence electrons. The summed E-state index contributed by atoms with van der Waals surface area (Å²) >= 11 is 0. The molecule has 25 heavy (non-hydrogen) atoms. The summed E-state index contributed by atoms with van der Waals surface area (Å²) in [5.41, 5.74) is 2.18. The fourth-order valence-electron chi connectivity index (χ4n) is 2.78. The van der Waals surface area contributed by atoms with Crippen LogP contribution in [0.25, 0.3) is 0 Å². The normalized spacial score (nSPS) is 11.6. The van der Waals surface area contributed by atoms with Crippen LogP contribution in [0.2, 0.25) is 0 Å². The average Bonchev–Trinajstić information content (AvgIpc) is 2.66. The monoisotopic (exact) mass is 342 g/mol. The molecular formula is C21H26O4. The van der Waals surface area contributed by atoms with E-state index in [1.165, 1.54) is 0 Å². The Morgan fingerprint density at radius 2 is 1.68 bits per heavy atom. The second-order valence-electron chi connectivity index (χ2n) is 6.02. The van der Waals surface area contributed by atoms with Crippen molar-refractivity contribution in [2.45, 2.75) is 38.7 Å². The summed E-state index contributed by atoms with van der Waals surface area (Å²) in [5.74, 6) is 2.38. The van der Waals surface area contributed by atoms with E-state index in [4.69, 9.17) is 14.2 Å². The molecule has 0 amide bonds. The van der Waals surface area contributed by atoms with Crippen molar-refractivity contribution in [3.63, 3.8) is 0 Å². The van der Waals surface area contributed by atoms with Crippen LogP contribution in [-0.2, 0) is 11.4 Å². The zero-order valence-corrected chi connectivity index (χ0v) is 15.2. The van der Waals surface area contributed by atoms with Crippen LogP contribution in [0.5, 0.6) is 17.2 Å². The topological polar surface area (TPSA) is 44.8 Å². The molecule has 0 heterocycles. The van der Waals surface area contributed by atoms with Crippen molar-refractivity contribution >= 4 is 6.29 Å². The summed E-state index contributed by atoms with van der Waals surface area (Å²) in [4.78, 5) is 10.6. The minimum absolute atomic E-state index is 0.255. The Balaban J connectivity index is 2.25. The van der Waals surface area contributed by atoms with Crippen molar-refractivity contribution in [1.82, 2.24) is 0 Å². The second kappa shape index (κ2) is 9.72. The van der Waals surface area contributed by atoms with Gasteiger partial charge in [0.05, 0.1) is 14.2 Å². The summed E-state index contributed by atoms with van der Waals surface area (Å²) in [6.45, 7) is 2.63. The molecule has 2 rings (SSSR count). The fourth-order valence-corrected chi connectivity index (χ4v) is 2.78. The predicted molar refractivity (Wildman–Crippen MR) is 98.7 cm³/mol. The lowest BCUT2D eigenvalue weighted by Crippen LogP contribution is -2.04. The van der Waals surface area contributed by atoms with Crippen LogP contribution in [0.4, 0.5) is 0 Å². The Hall–Kier alpha value is -2.49. The van der Waals surface area contributed by atoms with Gasteiger partial charge in [0.15, 0.2) is 11.5 Å². The Labute approximate surface area is 149 Å². The molecule has 1 unspecified atom stereocenters. The number of ether oxygens (including phenoxy) is 3. The highest BCUT2D eigenvalue weighted by Crippen LogP contribution is 2.39. The largest absolute Gasteiger partial charge is 0.493 e. The molecule has 0 saturated heterocycles. The summed E-state index contributed by atoms with van der Waals surface area (Å²) in [7, 11) is 3.25. The third-order valence-electron chi connectivity index (χ3n) is 4.24. The van der Waals surface area contributed by atoms with Gasteiger partial charge in [-0.15, -0.1) is 0 Å². The van der Waals surface area contributed by atoms with Gasteiger partial charge in [0.1, 0.15) is 18.6 Å². The molecule has 0 aromatic heterocycles. The van der Waals surface area contributed by atoms with Crippen LogP contribution in [0.3, 0.4) is 0 Å². The van der Waals surface area contributed by atoms with Crippen molar-refractivity contribution in [3.8, 4) is 17.2 Å². The summed E-state index contributed by atoms with van der Waals surface area (Å²) in [6.07, 6.45) is 3.32. The van der Waals surface area contributed by atoms with Gasteiger partial charge in [-0.2, -0.15) is 0 Å². The molecule has 0 fully saturated rings. The minimum atomic E-state index is 0.255. The van der Waals surface area contributed by atoms with Gasteiger partial charge in [0.2, 0.25) is 0 Å². The number of unbranched alkanes of at least 4 members (excludes halogenated alkanes) is 1. The molecule has 0 bridgehead atoms. The minimum Gasteiger partial charge on any atom is -0.493 e. The highest BCUT2D eigenvalue weighted by Gasteiger charge is 2.17. The van der Waals surface area contributed by atoms with Crippen LogP contribution in [0, 0.1) is 0 Å². The van der Waals surface area contributed by atoms with Crippen molar-refractivity contribution in [3.05, 3.63) is 53.6 Å². The molecular weight excluding hydrogens is 316 g/mol. The van der Waals surface area contributed by atoms with Gasteiger partial charge in [-0.05, 0) is 30.4 Å². The molecule has 1 atom stereocenters. The second-order valence-corrected chi connectivity index (χ2v) is 6.02. The van der Waals surface area contributed by atoms with Crippen molar-refractivity contribution < 1.29 is 19.0 Å². The first-order chi connectivity index (χ1) is 12.2. The molecule has 0 aliphatic carbocycles. The standard InChI is InChI=1S/C21H26O4/c1-16(9-7-8-12-22)18-13-20(23-2)21(24-3)14-19(18)25-15-17-10-5-4-6-11-17/h4-6,10-14,16H,7-9,15H2,1-3H3. The molecule has 2 aromatic carbocycles. The van der Waals surface area contributed by atoms with Crippen molar-refractivity contribution in [1.29, 1.82) is 0 Å². The van der Waals surface area contributed by atoms with Crippen LogP contribution < -0.4 is 14.2 Å². The third kappa shape index (κ3) is 5.24. The number of hydrogen-bond donors (Lipinski definition) is 0. The lowest BCUT2D eigenvalue weighted by Gasteiger charge is -2.20. The number of benzene rings is 2. The first kappa shape index (κ1) is 18.8. The molecule has 0 aliphatic rings. The number of hydrogen-bond acceptors (Lipinski definition) is 4. The van der Waals surface area contributed by atoms with E-state index in [0.29, 0.717) is 24.5 Å². The molecule has 2 aromatic rings. The van der Waals surface area contributed by atoms with Crippen LogP contribution in [0.1, 0.15) is 43.2 Å². The molecule has 0 N–H and O–H groups in total. The van der Waals surface area contributed by atoms with Gasteiger partial charge < -0.3 is 19.0 Å². The van der Waals surface area contributed by atoms with Gasteiger partial charge in [-0.1, -0.05) is 37.3 Å². The maximum absolute atomic E-state index is 10.6. The third-order valence-corrected chi connectivity index (χ3v) is 4.24. The maximum Gasteiger partial charge on any atom is 0.164 e. The SMILES string of the molecule is COc1cc(OCc2ccccc2)c(C(C)CCCC=O)cc1OC. The van der Waals surface area contributed by atoms with E-state index < -0.39 is 0 Å². The van der Waals surface area contributed by atoms with Gasteiger partial charge in [-0.3, -0.25) is 0 Å². The summed E-state index contributed by atoms with van der Waals surface area (Å²) in [6, 6.07) is 13.9. The predicted octanol–water partition coefficient (Wildman–Crippen LogP) is 4.76. The van der Waals surface area contributed by atoms with E-state index in [1.807, 2.05) is 42.5 Å². The molecule has 0 saturated carbocycles. The van der Waals surface area contributed by atoms with Gasteiger partial charge in [0.25, 0.3) is 0 Å². The zero-order valence-electron chi connectivity index (χ0n) is 15.2. The molecule has 4 heteroatoms. The fraction of sp³-hybridized carbons (Fsp3) is 0.381. The maximum atomic E-state index is 10.6. The van der Waals surface area contributed by atoms with Gasteiger partial charge in [-0.25, -0.2) is 0 Å². The van der Waals surface area contributed by atoms with E-state index in [-0.39, 0.29) is 5.92 Å². The first-order valence-electron chi connectivity index (χ1n) is 8.55. The van der Waals surface area contributed by atoms with Crippen LogP contribution in [0.15, 0.2) is 42.5 Å². The molecule has 4 nitrogen and oxygen atoms in total. The zero-order chi connectivity index (χ0) is 18.1. The van der Waals surface area contributed by atoms with Gasteiger partial charge in [0, 0.05) is 18.1 Å². The van der Waals surface area contributed by atoms with E-state index in [2.05, 4.69) is 6.92 Å². The van der Waals surface area contributed by atoms with Crippen molar-refractivity contribution in [2.75, 3.05) is 14.2 Å². The Kier molecular flexibility index (Phi) is 7.33. The highest BCUT2D eigenvalue weighted by atomic mass is 16.5. The van der Waals surface area contributed by atoms with Crippen molar-refractivity contribution in [2.24, 2.45) is 0 Å². The number of rotatable bonds is 10. The molecule has 0 radical (unpaired) electrons. The number of methoxy groups -OCH3 is 2. The van der Waals surface area contributed by atoms with E-state index in [0.717, 1.165) is 36.0 Å². The number of aldehydes is 1. The average molecular weight is 342 g/mol. The molecule has 0 aliphatic heterocycles. The van der Waals surface area contributed by atoms with Crippen LogP contribution in [-0.4, -0.2) is 20.5 Å². The summed E-state index contributed by atoms with van der Waals surface area (Å²) in [5, 5.41) is 0. The van der Waals surface area contributed by atoms with Gasteiger partial charge >= 0.3 is 0 Å².